The molecule has 0 spiro atoms. The van der Waals surface area contributed by atoms with Crippen molar-refractivity contribution in [1.82, 2.24) is 9.78 Å². The minimum absolute atomic E-state index is 0.373. The lowest BCUT2D eigenvalue weighted by atomic mass is 10.1. The van der Waals surface area contributed by atoms with Crippen LogP contribution in [0.4, 0.5) is 11.5 Å². The standard InChI is InChI=1S/C21H22BrN3O2/c1-5-15-10-11-17(16(12-15)21(26)27-4)23-20-19(22)14(3)24-25(20)18-9-7-6-8-13(18)2/h6-12,23H,5H2,1-4H3. The summed E-state index contributed by atoms with van der Waals surface area (Å²) in [5.41, 5.74) is 5.17. The van der Waals surface area contributed by atoms with E-state index in [1.54, 1.807) is 0 Å². The fourth-order valence-electron chi connectivity index (χ4n) is 2.92. The molecule has 27 heavy (non-hydrogen) atoms. The highest BCUT2D eigenvalue weighted by Gasteiger charge is 2.19. The van der Waals surface area contributed by atoms with Gasteiger partial charge < -0.3 is 10.1 Å². The van der Waals surface area contributed by atoms with Crippen LogP contribution in [0, 0.1) is 13.8 Å². The van der Waals surface area contributed by atoms with E-state index in [1.807, 2.05) is 61.0 Å². The second kappa shape index (κ2) is 7.96. The lowest BCUT2D eigenvalue weighted by Crippen LogP contribution is -2.09. The molecule has 0 radical (unpaired) electrons. The number of esters is 1. The van der Waals surface area contributed by atoms with Crippen molar-refractivity contribution in [3.05, 3.63) is 69.3 Å². The molecule has 0 aliphatic heterocycles. The predicted octanol–water partition coefficient (Wildman–Crippen LogP) is 5.34. The van der Waals surface area contributed by atoms with Crippen molar-refractivity contribution in [2.75, 3.05) is 12.4 Å². The molecule has 0 unspecified atom stereocenters. The molecule has 1 N–H and O–H groups in total. The number of para-hydroxylation sites is 1. The summed E-state index contributed by atoms with van der Waals surface area (Å²) in [4.78, 5) is 12.3. The third-order valence-corrected chi connectivity index (χ3v) is 5.43. The molecular formula is C21H22BrN3O2. The molecule has 0 aliphatic carbocycles. The quantitative estimate of drug-likeness (QED) is 0.557. The molecule has 3 rings (SSSR count). The maximum absolute atomic E-state index is 12.3. The third kappa shape index (κ3) is 3.76. The number of carbonyl (C=O) groups is 1. The monoisotopic (exact) mass is 427 g/mol. The van der Waals surface area contributed by atoms with Gasteiger partial charge in [-0.25, -0.2) is 9.48 Å². The summed E-state index contributed by atoms with van der Waals surface area (Å²) in [6.07, 6.45) is 0.841. The Morgan fingerprint density at radius 1 is 1.22 bits per heavy atom. The van der Waals surface area contributed by atoms with E-state index in [0.29, 0.717) is 11.3 Å². The summed E-state index contributed by atoms with van der Waals surface area (Å²) in [5.74, 6) is 0.388. The van der Waals surface area contributed by atoms with E-state index in [4.69, 9.17) is 4.74 Å². The van der Waals surface area contributed by atoms with Gasteiger partial charge in [-0.3, -0.25) is 0 Å². The lowest BCUT2D eigenvalue weighted by molar-refractivity contribution is 0.0602. The van der Waals surface area contributed by atoms with E-state index in [-0.39, 0.29) is 5.97 Å². The molecule has 3 aromatic rings. The number of aryl methyl sites for hydroxylation is 3. The Kier molecular flexibility index (Phi) is 5.65. The second-order valence-corrected chi connectivity index (χ2v) is 7.09. The van der Waals surface area contributed by atoms with Crippen LogP contribution in [0.1, 0.15) is 34.1 Å². The van der Waals surface area contributed by atoms with Gasteiger partial charge in [0.25, 0.3) is 0 Å². The van der Waals surface area contributed by atoms with Crippen molar-refractivity contribution in [3.8, 4) is 5.69 Å². The average molecular weight is 428 g/mol. The molecule has 0 amide bonds. The first-order valence-electron chi connectivity index (χ1n) is 8.75. The molecule has 0 saturated carbocycles. The summed E-state index contributed by atoms with van der Waals surface area (Å²) in [5, 5.41) is 8.03. The Morgan fingerprint density at radius 3 is 2.63 bits per heavy atom. The molecule has 0 saturated heterocycles. The van der Waals surface area contributed by atoms with Gasteiger partial charge in [0.15, 0.2) is 0 Å². The first kappa shape index (κ1) is 19.2. The number of nitrogens with zero attached hydrogens (tertiary/aromatic N) is 2. The number of nitrogens with one attached hydrogen (secondary N) is 1. The Bertz CT molecular complexity index is 995. The first-order valence-corrected chi connectivity index (χ1v) is 9.55. The fourth-order valence-corrected chi connectivity index (χ4v) is 3.26. The van der Waals surface area contributed by atoms with Gasteiger partial charge in [-0.1, -0.05) is 31.2 Å². The molecule has 5 nitrogen and oxygen atoms in total. The van der Waals surface area contributed by atoms with Gasteiger partial charge >= 0.3 is 5.97 Å². The Balaban J connectivity index is 2.12. The molecule has 2 aromatic carbocycles. The number of hydrogen-bond donors (Lipinski definition) is 1. The van der Waals surface area contributed by atoms with Gasteiger partial charge in [0, 0.05) is 0 Å². The first-order chi connectivity index (χ1) is 13.0. The minimum atomic E-state index is -0.373. The molecular weight excluding hydrogens is 406 g/mol. The van der Waals surface area contributed by atoms with Crippen LogP contribution >= 0.6 is 15.9 Å². The number of ether oxygens (including phenoxy) is 1. The van der Waals surface area contributed by atoms with Crippen molar-refractivity contribution in [2.45, 2.75) is 27.2 Å². The topological polar surface area (TPSA) is 56.2 Å². The smallest absolute Gasteiger partial charge is 0.339 e. The molecule has 0 aliphatic rings. The zero-order valence-corrected chi connectivity index (χ0v) is 17.4. The lowest BCUT2D eigenvalue weighted by Gasteiger charge is -2.15. The van der Waals surface area contributed by atoms with Crippen molar-refractivity contribution < 1.29 is 9.53 Å². The van der Waals surface area contributed by atoms with Crippen LogP contribution in [0.5, 0.6) is 0 Å². The summed E-state index contributed by atoms with van der Waals surface area (Å²) in [6, 6.07) is 13.8. The number of methoxy groups -OCH3 is 1. The maximum Gasteiger partial charge on any atom is 0.339 e. The average Bonchev–Trinajstić information content (AvgIpc) is 2.96. The number of hydrogen-bond acceptors (Lipinski definition) is 4. The van der Waals surface area contributed by atoms with E-state index in [9.17, 15) is 4.79 Å². The van der Waals surface area contributed by atoms with Gasteiger partial charge in [-0.05, 0) is 65.5 Å². The largest absolute Gasteiger partial charge is 0.465 e. The van der Waals surface area contributed by atoms with E-state index in [0.717, 1.165) is 39.2 Å². The highest BCUT2D eigenvalue weighted by atomic mass is 79.9. The molecule has 6 heteroatoms. The van der Waals surface area contributed by atoms with Crippen LogP contribution in [-0.2, 0) is 11.2 Å². The van der Waals surface area contributed by atoms with E-state index < -0.39 is 0 Å². The normalized spacial score (nSPS) is 10.7. The van der Waals surface area contributed by atoms with E-state index in [2.05, 4.69) is 33.3 Å². The van der Waals surface area contributed by atoms with Crippen LogP contribution in [0.2, 0.25) is 0 Å². The van der Waals surface area contributed by atoms with Gasteiger partial charge in [0.05, 0.1) is 34.2 Å². The highest BCUT2D eigenvalue weighted by molar-refractivity contribution is 9.10. The van der Waals surface area contributed by atoms with Gasteiger partial charge in [-0.2, -0.15) is 5.10 Å². The van der Waals surface area contributed by atoms with Crippen LogP contribution < -0.4 is 5.32 Å². The number of carbonyl (C=O) groups excluding carboxylic acids is 1. The van der Waals surface area contributed by atoms with Gasteiger partial charge in [0.2, 0.25) is 0 Å². The van der Waals surface area contributed by atoms with Crippen LogP contribution in [-0.4, -0.2) is 22.9 Å². The Morgan fingerprint density at radius 2 is 1.96 bits per heavy atom. The van der Waals surface area contributed by atoms with Gasteiger partial charge in [-0.15, -0.1) is 0 Å². The molecule has 0 atom stereocenters. The van der Waals surface area contributed by atoms with Crippen molar-refractivity contribution in [2.24, 2.45) is 0 Å². The van der Waals surface area contributed by atoms with Crippen molar-refractivity contribution >= 4 is 33.4 Å². The molecule has 0 bridgehead atoms. The Labute approximate surface area is 167 Å². The van der Waals surface area contributed by atoms with Crippen LogP contribution in [0.3, 0.4) is 0 Å². The number of anilines is 2. The molecule has 1 aromatic heterocycles. The number of benzene rings is 2. The van der Waals surface area contributed by atoms with Crippen LogP contribution in [0.25, 0.3) is 5.69 Å². The summed E-state index contributed by atoms with van der Waals surface area (Å²) in [6.45, 7) is 6.03. The zero-order valence-electron chi connectivity index (χ0n) is 15.8. The number of rotatable bonds is 5. The SMILES string of the molecule is CCc1ccc(Nc2c(Br)c(C)nn2-c2ccccc2C)c(C(=O)OC)c1. The van der Waals surface area contributed by atoms with Gasteiger partial charge in [0.1, 0.15) is 5.82 Å². The third-order valence-electron chi connectivity index (χ3n) is 4.48. The van der Waals surface area contributed by atoms with E-state index in [1.165, 1.54) is 7.11 Å². The number of halogens is 1. The van der Waals surface area contributed by atoms with Crippen molar-refractivity contribution in [3.63, 3.8) is 0 Å². The summed E-state index contributed by atoms with van der Waals surface area (Å²) in [7, 11) is 1.39. The number of aromatic nitrogens is 2. The zero-order chi connectivity index (χ0) is 19.6. The predicted molar refractivity (Wildman–Crippen MR) is 111 cm³/mol. The maximum atomic E-state index is 12.3. The Hall–Kier alpha value is -2.60. The molecule has 1 heterocycles. The molecule has 140 valence electrons. The minimum Gasteiger partial charge on any atom is -0.465 e. The highest BCUT2D eigenvalue weighted by Crippen LogP contribution is 2.33. The second-order valence-electron chi connectivity index (χ2n) is 6.30. The van der Waals surface area contributed by atoms with E-state index >= 15 is 0 Å². The van der Waals surface area contributed by atoms with Crippen LogP contribution in [0.15, 0.2) is 46.9 Å². The van der Waals surface area contributed by atoms with Crippen molar-refractivity contribution in [1.29, 1.82) is 0 Å². The molecule has 0 fully saturated rings. The summed E-state index contributed by atoms with van der Waals surface area (Å²) >= 11 is 3.63. The fraction of sp³-hybridized carbons (Fsp3) is 0.238. The summed E-state index contributed by atoms with van der Waals surface area (Å²) < 4.78 is 7.67.